The zero-order chi connectivity index (χ0) is 20.0. The van der Waals surface area contributed by atoms with Crippen LogP contribution in [0.4, 0.5) is 0 Å². The molecule has 0 aromatic heterocycles. The van der Waals surface area contributed by atoms with Crippen molar-refractivity contribution in [2.24, 2.45) is 0 Å². The second kappa shape index (κ2) is 8.36. The predicted molar refractivity (Wildman–Crippen MR) is 97.6 cm³/mol. The molecule has 3 aliphatic rings. The van der Waals surface area contributed by atoms with Crippen LogP contribution in [-0.4, -0.2) is 91.6 Å². The minimum atomic E-state index is -1.81. The van der Waals surface area contributed by atoms with E-state index in [0.717, 1.165) is 0 Å². The first-order valence-electron chi connectivity index (χ1n) is 8.27. The van der Waals surface area contributed by atoms with E-state index in [-0.39, 0.29) is 52.1 Å². The van der Waals surface area contributed by atoms with E-state index in [2.05, 4.69) is 4.98 Å². The van der Waals surface area contributed by atoms with E-state index in [1.54, 1.807) is 6.07 Å². The number of carbonyl (C=O) groups is 1. The topological polar surface area (TPSA) is 160 Å². The number of nitrogens with zero attached hydrogens (tertiary/aromatic N) is 1. The van der Waals surface area contributed by atoms with Gasteiger partial charge in [-0.3, -0.25) is 4.79 Å². The number of aliphatic carboxylic acids is 1. The normalized spacial score (nSPS) is 26.8. The number of hydrogen-bond acceptors (Lipinski definition) is 9. The van der Waals surface area contributed by atoms with Crippen LogP contribution in [0.15, 0.2) is 45.6 Å². The Kier molecular flexibility index (Phi) is 6.24. The van der Waals surface area contributed by atoms with Gasteiger partial charge in [0, 0.05) is 41.7 Å². The van der Waals surface area contributed by atoms with Gasteiger partial charge in [0.25, 0.3) is 0 Å². The van der Waals surface area contributed by atoms with Gasteiger partial charge in [0.2, 0.25) is 6.29 Å². The van der Waals surface area contributed by atoms with Crippen molar-refractivity contribution in [3.8, 4) is 17.2 Å². The molecular weight excluding hydrogens is 397 g/mol. The van der Waals surface area contributed by atoms with Gasteiger partial charge in [0.1, 0.15) is 35.3 Å². The molecule has 1 fully saturated rings. The van der Waals surface area contributed by atoms with E-state index in [1.807, 2.05) is 0 Å². The molecule has 1 radical (unpaired) electrons. The maximum absolute atomic E-state index is 11.5. The Balaban J connectivity index is 0.00000240. The number of benzene rings is 2. The minimum Gasteiger partial charge on any atom is -0.479 e. The summed E-state index contributed by atoms with van der Waals surface area (Å²) in [6, 6.07) is 8.67. The zero-order valence-corrected chi connectivity index (χ0v) is 17.1. The van der Waals surface area contributed by atoms with Crippen molar-refractivity contribution in [1.29, 1.82) is 0 Å². The van der Waals surface area contributed by atoms with Crippen LogP contribution in [0, 0.1) is 0 Å². The maximum Gasteiger partial charge on any atom is 0.335 e. The van der Waals surface area contributed by atoms with Gasteiger partial charge in [-0.1, -0.05) is 0 Å². The number of carboxylic acid groups (broad SMARTS) is 1. The second-order valence-corrected chi connectivity index (χ2v) is 6.33. The Hall–Kier alpha value is -2.05. The third-order valence-electron chi connectivity index (χ3n) is 4.39. The molecule has 0 spiro atoms. The van der Waals surface area contributed by atoms with Crippen molar-refractivity contribution >= 4 is 46.6 Å². The van der Waals surface area contributed by atoms with Crippen LogP contribution in [0.25, 0.3) is 22.6 Å². The molecule has 5 atom stereocenters. The SMILES string of the molecule is O=C(O)[C@H]1O[C@@H](Oc2ccc3nc4ccc(=O)cc-4oc3c2)[C@H](O)[C@@H](O)[C@@H]1O.[Na]. The number of carboxylic acids is 1. The first-order valence-corrected chi connectivity index (χ1v) is 8.27. The molecule has 1 aliphatic carbocycles. The summed E-state index contributed by atoms with van der Waals surface area (Å²) in [4.78, 5) is 27.0. The van der Waals surface area contributed by atoms with Crippen LogP contribution in [0.5, 0.6) is 5.75 Å². The van der Waals surface area contributed by atoms with E-state index in [1.165, 1.54) is 30.3 Å². The summed E-state index contributed by atoms with van der Waals surface area (Å²) in [6.45, 7) is 0. The largest absolute Gasteiger partial charge is 0.479 e. The van der Waals surface area contributed by atoms with Gasteiger partial charge in [-0.15, -0.1) is 0 Å². The van der Waals surface area contributed by atoms with E-state index in [4.69, 9.17) is 19.0 Å². The van der Waals surface area contributed by atoms with Gasteiger partial charge in [0.05, 0.1) is 0 Å². The molecule has 29 heavy (non-hydrogen) atoms. The molecule has 0 unspecified atom stereocenters. The van der Waals surface area contributed by atoms with E-state index >= 15 is 0 Å². The van der Waals surface area contributed by atoms with Crippen molar-refractivity contribution < 1.29 is 39.1 Å². The number of ether oxygens (including phenoxy) is 2. The molecule has 0 amide bonds. The number of aliphatic hydroxyl groups is 3. The fourth-order valence-electron chi connectivity index (χ4n) is 2.94. The molecule has 4 N–H and O–H groups in total. The summed E-state index contributed by atoms with van der Waals surface area (Å²) in [7, 11) is 0. The van der Waals surface area contributed by atoms with Crippen molar-refractivity contribution in [3.63, 3.8) is 0 Å². The molecule has 1 aromatic rings. The van der Waals surface area contributed by atoms with Crippen LogP contribution >= 0.6 is 0 Å². The first kappa shape index (κ1) is 21.7. The fraction of sp³-hybridized carbons (Fsp3) is 0.278. The molecule has 4 rings (SSSR count). The molecular formula is C18H15NNaO9. The van der Waals surface area contributed by atoms with Gasteiger partial charge in [-0.05, 0) is 24.3 Å². The van der Waals surface area contributed by atoms with Gasteiger partial charge < -0.3 is 34.3 Å². The van der Waals surface area contributed by atoms with E-state index < -0.39 is 36.7 Å². The standard InChI is InChI=1S/C18H15NO9.Na/c20-7-1-3-9-11(5-7)27-12-6-8(2-4-10(12)19-9)26-18-15(23)13(21)14(22)16(28-18)17(24)25;/h1-6,13-16,18,21-23H,(H,24,25);/t13-,14-,15+,16-,18+;/m0./s1. The third kappa shape index (κ3) is 4.14. The Labute approximate surface area is 184 Å². The number of fused-ring (bicyclic) bond motifs is 2. The number of rotatable bonds is 3. The van der Waals surface area contributed by atoms with Crippen LogP contribution in [0.2, 0.25) is 0 Å². The molecule has 1 saturated heterocycles. The average molecular weight is 412 g/mol. The first-order chi connectivity index (χ1) is 13.3. The molecule has 2 aliphatic heterocycles. The van der Waals surface area contributed by atoms with E-state index in [9.17, 15) is 24.9 Å². The van der Waals surface area contributed by atoms with Crippen molar-refractivity contribution in [3.05, 3.63) is 46.6 Å². The van der Waals surface area contributed by atoms with Crippen LogP contribution in [-0.2, 0) is 9.53 Å². The summed E-state index contributed by atoms with van der Waals surface area (Å²) in [5.74, 6) is -1.10. The number of aliphatic hydroxyl groups excluding tert-OH is 3. The summed E-state index contributed by atoms with van der Waals surface area (Å²) in [5.41, 5.74) is 1.00. The van der Waals surface area contributed by atoms with Crippen molar-refractivity contribution in [2.75, 3.05) is 0 Å². The smallest absolute Gasteiger partial charge is 0.335 e. The third-order valence-corrected chi connectivity index (χ3v) is 4.39. The van der Waals surface area contributed by atoms with Gasteiger partial charge in [0.15, 0.2) is 22.9 Å². The Morgan fingerprint density at radius 3 is 2.52 bits per heavy atom. The summed E-state index contributed by atoms with van der Waals surface area (Å²) in [5, 5.41) is 38.7. The minimum absolute atomic E-state index is 0. The zero-order valence-electron chi connectivity index (χ0n) is 15.1. The monoisotopic (exact) mass is 412 g/mol. The predicted octanol–water partition coefficient (Wildman–Crippen LogP) is -0.817. The molecule has 147 valence electrons. The fourth-order valence-corrected chi connectivity index (χ4v) is 2.94. The van der Waals surface area contributed by atoms with Gasteiger partial charge >= 0.3 is 5.97 Å². The second-order valence-electron chi connectivity index (χ2n) is 6.33. The van der Waals surface area contributed by atoms with E-state index in [0.29, 0.717) is 11.2 Å². The molecule has 0 saturated carbocycles. The maximum atomic E-state index is 11.5. The Morgan fingerprint density at radius 2 is 1.79 bits per heavy atom. The number of hydrogen-bond donors (Lipinski definition) is 4. The van der Waals surface area contributed by atoms with Crippen LogP contribution in [0.3, 0.4) is 0 Å². The molecule has 2 heterocycles. The summed E-state index contributed by atoms with van der Waals surface area (Å²) < 4.78 is 16.2. The molecule has 11 heteroatoms. The number of aromatic nitrogens is 1. The summed E-state index contributed by atoms with van der Waals surface area (Å²) >= 11 is 0. The van der Waals surface area contributed by atoms with Gasteiger partial charge in [-0.25, -0.2) is 9.78 Å². The van der Waals surface area contributed by atoms with Gasteiger partial charge in [-0.2, -0.15) is 0 Å². The van der Waals surface area contributed by atoms with Crippen LogP contribution < -0.4 is 10.2 Å². The molecule has 0 bridgehead atoms. The average Bonchev–Trinajstić information content (AvgIpc) is 2.66. The molecule has 10 nitrogen and oxygen atoms in total. The Bertz CT molecular complexity index is 1070. The molecule has 1 aromatic carbocycles. The summed E-state index contributed by atoms with van der Waals surface area (Å²) in [6.07, 6.45) is -8.58. The van der Waals surface area contributed by atoms with Crippen molar-refractivity contribution in [1.82, 2.24) is 4.98 Å². The Morgan fingerprint density at radius 1 is 1.03 bits per heavy atom. The van der Waals surface area contributed by atoms with Crippen molar-refractivity contribution in [2.45, 2.75) is 30.7 Å². The quantitative estimate of drug-likeness (QED) is 0.316. The van der Waals surface area contributed by atoms with Crippen LogP contribution in [0.1, 0.15) is 0 Å².